The zero-order valence-electron chi connectivity index (χ0n) is 10.7. The Bertz CT molecular complexity index is 352. The Kier molecular flexibility index (Phi) is 4.24. The molecule has 2 aliphatic carbocycles. The number of benzene rings is 1. The van der Waals surface area contributed by atoms with E-state index in [0.717, 1.165) is 11.3 Å². The average molecular weight is 230 g/mol. The monoisotopic (exact) mass is 230 g/mol. The van der Waals surface area contributed by atoms with Gasteiger partial charge < -0.3 is 4.74 Å². The van der Waals surface area contributed by atoms with Gasteiger partial charge in [-0.05, 0) is 36.8 Å². The van der Waals surface area contributed by atoms with Crippen LogP contribution in [0, 0.1) is 18.8 Å². The van der Waals surface area contributed by atoms with Crippen molar-refractivity contribution in [3.63, 3.8) is 0 Å². The van der Waals surface area contributed by atoms with Crippen LogP contribution in [0.25, 0.3) is 0 Å². The van der Waals surface area contributed by atoms with Gasteiger partial charge in [0.25, 0.3) is 0 Å². The lowest BCUT2D eigenvalue weighted by atomic mass is 10.0. The highest BCUT2D eigenvalue weighted by Crippen LogP contribution is 2.43. The maximum Gasteiger partial charge on any atom is 0.129 e. The molecule has 0 radical (unpaired) electrons. The molecule has 0 aliphatic heterocycles. The first-order valence-electron chi connectivity index (χ1n) is 6.62. The normalized spacial score (nSPS) is 25.0. The topological polar surface area (TPSA) is 9.23 Å². The molecule has 2 aliphatic rings. The van der Waals surface area contributed by atoms with Crippen LogP contribution < -0.4 is 4.74 Å². The predicted molar refractivity (Wildman–Crippen MR) is 72.1 cm³/mol. The van der Waals surface area contributed by atoms with Gasteiger partial charge in [-0.3, -0.25) is 0 Å². The van der Waals surface area contributed by atoms with Crippen LogP contribution in [-0.4, -0.2) is 0 Å². The molecule has 1 heteroatoms. The summed E-state index contributed by atoms with van der Waals surface area (Å²) in [5, 5.41) is 0. The van der Waals surface area contributed by atoms with Crippen molar-refractivity contribution in [3.8, 4) is 5.75 Å². The standard InChI is InChI=1S/C9H10O.C7H12/c1-3-10-9-7-5-4-6-8(9)2;1-2-7-4-3-6(1)5-7/h3-7H,1H2,2H3;6-7H,1-5H2. The molecular weight excluding hydrogens is 208 g/mol. The van der Waals surface area contributed by atoms with Crippen molar-refractivity contribution >= 4 is 0 Å². The Morgan fingerprint density at radius 2 is 1.71 bits per heavy atom. The number of fused-ring (bicyclic) bond motifs is 2. The van der Waals surface area contributed by atoms with E-state index >= 15 is 0 Å². The first kappa shape index (κ1) is 12.2. The van der Waals surface area contributed by atoms with Crippen molar-refractivity contribution in [1.82, 2.24) is 0 Å². The highest BCUT2D eigenvalue weighted by Gasteiger charge is 2.30. The molecule has 0 atom stereocenters. The largest absolute Gasteiger partial charge is 0.465 e. The lowest BCUT2D eigenvalue weighted by Gasteiger charge is -2.05. The van der Waals surface area contributed by atoms with Crippen molar-refractivity contribution < 1.29 is 4.74 Å². The quantitative estimate of drug-likeness (QED) is 0.668. The summed E-state index contributed by atoms with van der Waals surface area (Å²) in [5.41, 5.74) is 1.13. The van der Waals surface area contributed by atoms with E-state index in [0.29, 0.717) is 0 Å². The third-order valence-corrected chi connectivity index (χ3v) is 3.94. The summed E-state index contributed by atoms with van der Waals surface area (Å²) < 4.78 is 5.10. The highest BCUT2D eigenvalue weighted by atomic mass is 16.5. The van der Waals surface area contributed by atoms with Gasteiger partial charge in [0.15, 0.2) is 0 Å². The number of aryl methyl sites for hydroxylation is 1. The molecular formula is C16H22O. The zero-order chi connectivity index (χ0) is 12.1. The van der Waals surface area contributed by atoms with Gasteiger partial charge in [0, 0.05) is 0 Å². The lowest BCUT2D eigenvalue weighted by molar-refractivity contribution is 0.479. The molecule has 2 fully saturated rings. The van der Waals surface area contributed by atoms with Crippen molar-refractivity contribution in [3.05, 3.63) is 42.7 Å². The van der Waals surface area contributed by atoms with E-state index in [1.165, 1.54) is 18.1 Å². The molecule has 1 nitrogen and oxygen atoms in total. The zero-order valence-corrected chi connectivity index (χ0v) is 10.7. The van der Waals surface area contributed by atoms with Crippen molar-refractivity contribution in [2.45, 2.75) is 39.0 Å². The molecule has 0 N–H and O–H groups in total. The molecule has 1 aromatic carbocycles. The molecule has 2 saturated carbocycles. The van der Waals surface area contributed by atoms with E-state index in [1.807, 2.05) is 31.2 Å². The van der Waals surface area contributed by atoms with Gasteiger partial charge in [-0.15, -0.1) is 0 Å². The van der Waals surface area contributed by atoms with Crippen LogP contribution in [0.1, 0.15) is 37.7 Å². The van der Waals surface area contributed by atoms with E-state index in [2.05, 4.69) is 6.58 Å². The number of hydrogen-bond acceptors (Lipinski definition) is 1. The van der Waals surface area contributed by atoms with E-state index < -0.39 is 0 Å². The molecule has 17 heavy (non-hydrogen) atoms. The molecule has 1 aromatic rings. The smallest absolute Gasteiger partial charge is 0.129 e. The molecule has 2 bridgehead atoms. The molecule has 0 aromatic heterocycles. The van der Waals surface area contributed by atoms with E-state index in [4.69, 9.17) is 4.74 Å². The lowest BCUT2D eigenvalue weighted by Crippen LogP contribution is -1.90. The van der Waals surface area contributed by atoms with E-state index in [1.54, 1.807) is 32.1 Å². The number of hydrogen-bond donors (Lipinski definition) is 0. The SMILES string of the molecule is C1CC2CCC1C2.C=COc1ccccc1C. The van der Waals surface area contributed by atoms with Crippen LogP contribution in [0.2, 0.25) is 0 Å². The van der Waals surface area contributed by atoms with Crippen molar-refractivity contribution in [2.75, 3.05) is 0 Å². The Hall–Kier alpha value is -1.24. The minimum atomic E-state index is 0.873. The van der Waals surface area contributed by atoms with Crippen LogP contribution in [0.4, 0.5) is 0 Å². The van der Waals surface area contributed by atoms with Gasteiger partial charge >= 0.3 is 0 Å². The summed E-state index contributed by atoms with van der Waals surface area (Å²) in [4.78, 5) is 0. The molecule has 0 heterocycles. The Morgan fingerprint density at radius 1 is 1.12 bits per heavy atom. The van der Waals surface area contributed by atoms with Crippen LogP contribution in [-0.2, 0) is 0 Å². The molecule has 0 amide bonds. The Balaban J connectivity index is 0.000000134. The number of para-hydroxylation sites is 1. The van der Waals surface area contributed by atoms with Crippen LogP contribution >= 0.6 is 0 Å². The number of rotatable bonds is 2. The summed E-state index contributed by atoms with van der Waals surface area (Å²) >= 11 is 0. The Morgan fingerprint density at radius 3 is 2.12 bits per heavy atom. The molecule has 0 unspecified atom stereocenters. The minimum Gasteiger partial charge on any atom is -0.465 e. The fourth-order valence-electron chi connectivity index (χ4n) is 2.95. The predicted octanol–water partition coefficient (Wildman–Crippen LogP) is 4.71. The summed E-state index contributed by atoms with van der Waals surface area (Å²) in [6.07, 6.45) is 9.26. The summed E-state index contributed by atoms with van der Waals surface area (Å²) in [6, 6.07) is 7.83. The third-order valence-electron chi connectivity index (χ3n) is 3.94. The minimum absolute atomic E-state index is 0.873. The van der Waals surface area contributed by atoms with Gasteiger partial charge in [-0.1, -0.05) is 50.5 Å². The molecule has 0 saturated heterocycles. The molecule has 92 valence electrons. The fraction of sp³-hybridized carbons (Fsp3) is 0.500. The third kappa shape index (κ3) is 3.36. The summed E-state index contributed by atoms with van der Waals surface area (Å²) in [6.45, 7) is 5.47. The first-order chi connectivity index (χ1) is 8.29. The van der Waals surface area contributed by atoms with Crippen molar-refractivity contribution in [1.29, 1.82) is 0 Å². The van der Waals surface area contributed by atoms with Crippen LogP contribution in [0.15, 0.2) is 37.1 Å². The van der Waals surface area contributed by atoms with Gasteiger partial charge in [0.1, 0.15) is 5.75 Å². The summed E-state index contributed by atoms with van der Waals surface area (Å²) in [5.74, 6) is 3.22. The van der Waals surface area contributed by atoms with Gasteiger partial charge in [0.05, 0.1) is 6.26 Å². The van der Waals surface area contributed by atoms with Crippen LogP contribution in [0.5, 0.6) is 5.75 Å². The number of ether oxygens (including phenoxy) is 1. The van der Waals surface area contributed by atoms with Gasteiger partial charge in [0.2, 0.25) is 0 Å². The van der Waals surface area contributed by atoms with Gasteiger partial charge in [-0.25, -0.2) is 0 Å². The van der Waals surface area contributed by atoms with Crippen molar-refractivity contribution in [2.24, 2.45) is 11.8 Å². The molecule has 0 spiro atoms. The fourth-order valence-corrected chi connectivity index (χ4v) is 2.95. The highest BCUT2D eigenvalue weighted by molar-refractivity contribution is 5.32. The average Bonchev–Trinajstić information content (AvgIpc) is 2.98. The second kappa shape index (κ2) is 5.90. The van der Waals surface area contributed by atoms with Gasteiger partial charge in [-0.2, -0.15) is 0 Å². The second-order valence-corrected chi connectivity index (χ2v) is 5.17. The Labute approximate surface area is 104 Å². The first-order valence-corrected chi connectivity index (χ1v) is 6.62. The maximum absolute atomic E-state index is 5.10. The molecule has 3 rings (SSSR count). The maximum atomic E-state index is 5.10. The van der Waals surface area contributed by atoms with E-state index in [-0.39, 0.29) is 0 Å². The summed E-state index contributed by atoms with van der Waals surface area (Å²) in [7, 11) is 0. The van der Waals surface area contributed by atoms with Crippen LogP contribution in [0.3, 0.4) is 0 Å². The van der Waals surface area contributed by atoms with E-state index in [9.17, 15) is 0 Å². The second-order valence-electron chi connectivity index (χ2n) is 5.17.